The van der Waals surface area contributed by atoms with E-state index in [9.17, 15) is 41.0 Å². The van der Waals surface area contributed by atoms with Crippen LogP contribution in [-0.4, -0.2) is 38.3 Å². The molecule has 8 nitrogen and oxygen atoms in total. The molecule has 16 heteroatoms. The molecule has 0 spiro atoms. The summed E-state index contributed by atoms with van der Waals surface area (Å²) in [6.45, 7) is 0.421. The molecule has 0 fully saturated rings. The van der Waals surface area contributed by atoms with E-state index in [4.69, 9.17) is 16.3 Å². The van der Waals surface area contributed by atoms with Gasteiger partial charge in [-0.1, -0.05) is 11.6 Å². The van der Waals surface area contributed by atoms with Gasteiger partial charge in [0.05, 0.1) is 17.0 Å². The largest absolute Gasteiger partial charge is 0.573 e. The number of thiophene rings is 1. The fourth-order valence-electron chi connectivity index (χ4n) is 3.44. The number of nitrogens with one attached hydrogen (secondary N) is 1. The molecule has 0 unspecified atom stereocenters. The predicted molar refractivity (Wildman–Crippen MR) is 125 cm³/mol. The Balaban J connectivity index is 1.64. The second kappa shape index (κ2) is 9.96. The summed E-state index contributed by atoms with van der Waals surface area (Å²) in [5.74, 6) is -0.538. The summed E-state index contributed by atoms with van der Waals surface area (Å²) in [5, 5.41) is 9.08. The number of H-pyrrole nitrogens is 1. The Labute approximate surface area is 216 Å². The van der Waals surface area contributed by atoms with Crippen LogP contribution in [0.15, 0.2) is 46.1 Å². The molecule has 0 bridgehead atoms. The third-order valence-corrected chi connectivity index (χ3v) is 6.81. The third-order valence-electron chi connectivity index (χ3n) is 5.15. The number of aromatic amines is 1. The highest BCUT2D eigenvalue weighted by Crippen LogP contribution is 2.38. The van der Waals surface area contributed by atoms with Gasteiger partial charge in [0.25, 0.3) is 5.56 Å². The van der Waals surface area contributed by atoms with Crippen LogP contribution in [0, 0.1) is 6.92 Å². The molecule has 0 aliphatic carbocycles. The summed E-state index contributed by atoms with van der Waals surface area (Å²) in [6, 6.07) is 6.16. The molecule has 0 radical (unpaired) electrons. The fraction of sp³-hybridized carbons (Fsp3) is 0.227. The highest BCUT2D eigenvalue weighted by molar-refractivity contribution is 7.22. The standard InChI is InChI=1S/C22H14ClF6N3O5S/c1-9-16-18(34)31-20(35)32(8-14(33)21(24,25)26)19(16)38-17(9)10-2-5-15(30-7-10)36-11-3-4-13(12(23)6-11)37-22(27,28)29/h2-7,14,33H,8H2,1H3,(H,31,34,35)/t14-/m1/s1. The first-order valence-electron chi connectivity index (χ1n) is 10.3. The maximum Gasteiger partial charge on any atom is 0.573 e. The van der Waals surface area contributed by atoms with Crippen LogP contribution in [0.2, 0.25) is 5.02 Å². The summed E-state index contributed by atoms with van der Waals surface area (Å²) in [7, 11) is 0. The van der Waals surface area contributed by atoms with Crippen LogP contribution in [0.3, 0.4) is 0 Å². The van der Waals surface area contributed by atoms with Crippen LogP contribution in [0.1, 0.15) is 5.56 Å². The van der Waals surface area contributed by atoms with Crippen molar-refractivity contribution in [1.82, 2.24) is 14.5 Å². The number of pyridine rings is 1. The highest BCUT2D eigenvalue weighted by Gasteiger charge is 2.39. The van der Waals surface area contributed by atoms with Crippen LogP contribution in [0.25, 0.3) is 20.7 Å². The number of aliphatic hydroxyl groups excluding tert-OH is 1. The zero-order valence-corrected chi connectivity index (χ0v) is 20.3. The van der Waals surface area contributed by atoms with Crippen molar-refractivity contribution in [2.75, 3.05) is 0 Å². The minimum absolute atomic E-state index is 0.0184. The van der Waals surface area contributed by atoms with E-state index < -0.39 is 42.2 Å². The van der Waals surface area contributed by atoms with E-state index >= 15 is 0 Å². The van der Waals surface area contributed by atoms with Gasteiger partial charge in [-0.25, -0.2) is 9.78 Å². The fourth-order valence-corrected chi connectivity index (χ4v) is 4.95. The normalized spacial score (nSPS) is 13.1. The van der Waals surface area contributed by atoms with Gasteiger partial charge in [0.15, 0.2) is 6.10 Å². The van der Waals surface area contributed by atoms with Crippen LogP contribution in [0.5, 0.6) is 17.4 Å². The molecule has 1 atom stereocenters. The average molecular weight is 582 g/mol. The predicted octanol–water partition coefficient (Wildman–Crippen LogP) is 5.39. The Morgan fingerprint density at radius 2 is 1.87 bits per heavy atom. The SMILES string of the molecule is Cc1c(-c2ccc(Oc3ccc(OC(F)(F)F)c(Cl)c3)nc2)sc2c1c(=O)[nH]c(=O)n2C[C@@H](O)C(F)(F)F. The number of aliphatic hydroxyl groups is 1. The summed E-state index contributed by atoms with van der Waals surface area (Å²) >= 11 is 6.66. The minimum Gasteiger partial charge on any atom is -0.439 e. The van der Waals surface area contributed by atoms with Crippen molar-refractivity contribution in [1.29, 1.82) is 0 Å². The van der Waals surface area contributed by atoms with Crippen LogP contribution < -0.4 is 20.7 Å². The van der Waals surface area contributed by atoms with Gasteiger partial charge in [0.1, 0.15) is 16.3 Å². The lowest BCUT2D eigenvalue weighted by Gasteiger charge is -2.15. The lowest BCUT2D eigenvalue weighted by atomic mass is 10.1. The number of fused-ring (bicyclic) bond motifs is 1. The van der Waals surface area contributed by atoms with Gasteiger partial charge in [-0.05, 0) is 30.7 Å². The van der Waals surface area contributed by atoms with Crippen molar-refractivity contribution >= 4 is 33.2 Å². The molecule has 0 saturated heterocycles. The summed E-state index contributed by atoms with van der Waals surface area (Å²) in [5.41, 5.74) is -1.11. The van der Waals surface area contributed by atoms with E-state index in [-0.39, 0.29) is 26.9 Å². The van der Waals surface area contributed by atoms with Crippen molar-refractivity contribution in [2.24, 2.45) is 0 Å². The van der Waals surface area contributed by atoms with Gasteiger partial charge in [-0.3, -0.25) is 14.3 Å². The molecular formula is C22H14ClF6N3O5S. The van der Waals surface area contributed by atoms with E-state index in [1.54, 1.807) is 0 Å². The van der Waals surface area contributed by atoms with Crippen molar-refractivity contribution in [3.63, 3.8) is 0 Å². The van der Waals surface area contributed by atoms with Gasteiger partial charge >= 0.3 is 18.2 Å². The Morgan fingerprint density at radius 1 is 1.16 bits per heavy atom. The molecule has 4 rings (SSSR count). The van der Waals surface area contributed by atoms with Crippen LogP contribution in [-0.2, 0) is 6.54 Å². The smallest absolute Gasteiger partial charge is 0.439 e. The monoisotopic (exact) mass is 581 g/mol. The Kier molecular flexibility index (Phi) is 7.20. The maximum atomic E-state index is 12.9. The van der Waals surface area contributed by atoms with Crippen molar-refractivity contribution in [2.45, 2.75) is 32.1 Å². The number of hydrogen-bond acceptors (Lipinski definition) is 7. The summed E-state index contributed by atoms with van der Waals surface area (Å²) < 4.78 is 85.8. The molecule has 0 amide bonds. The molecule has 3 aromatic heterocycles. The topological polar surface area (TPSA) is 106 Å². The van der Waals surface area contributed by atoms with Gasteiger partial charge in [-0.2, -0.15) is 13.2 Å². The number of benzene rings is 1. The summed E-state index contributed by atoms with van der Waals surface area (Å²) in [4.78, 5) is 31.1. The van der Waals surface area contributed by atoms with Crippen molar-refractivity contribution < 1.29 is 40.9 Å². The Bertz CT molecular complexity index is 1610. The number of aromatic nitrogens is 3. The van der Waals surface area contributed by atoms with E-state index in [1.165, 1.54) is 31.3 Å². The van der Waals surface area contributed by atoms with E-state index in [2.05, 4.69) is 9.72 Å². The van der Waals surface area contributed by atoms with Gasteiger partial charge < -0.3 is 14.6 Å². The number of halogens is 7. The first-order valence-corrected chi connectivity index (χ1v) is 11.5. The molecule has 0 aliphatic rings. The number of hydrogen-bond donors (Lipinski definition) is 2. The van der Waals surface area contributed by atoms with Crippen LogP contribution in [0.4, 0.5) is 26.3 Å². The lowest BCUT2D eigenvalue weighted by Crippen LogP contribution is -2.38. The van der Waals surface area contributed by atoms with Crippen LogP contribution >= 0.6 is 22.9 Å². The third kappa shape index (κ3) is 5.79. The number of nitrogens with zero attached hydrogens (tertiary/aromatic N) is 2. The maximum absolute atomic E-state index is 12.9. The zero-order valence-electron chi connectivity index (χ0n) is 18.8. The second-order valence-corrected chi connectivity index (χ2v) is 9.20. The van der Waals surface area contributed by atoms with Gasteiger partial charge in [0, 0.05) is 28.8 Å². The Hall–Kier alpha value is -3.56. The van der Waals surface area contributed by atoms with E-state index in [1.807, 2.05) is 4.98 Å². The first kappa shape index (κ1) is 27.5. The molecule has 0 saturated carbocycles. The van der Waals surface area contributed by atoms with E-state index in [0.717, 1.165) is 23.5 Å². The molecule has 202 valence electrons. The van der Waals surface area contributed by atoms with E-state index in [0.29, 0.717) is 20.6 Å². The highest BCUT2D eigenvalue weighted by atomic mass is 35.5. The molecule has 3 heterocycles. The quantitative estimate of drug-likeness (QED) is 0.296. The molecule has 38 heavy (non-hydrogen) atoms. The molecule has 0 aliphatic heterocycles. The Morgan fingerprint density at radius 3 is 2.45 bits per heavy atom. The second-order valence-electron chi connectivity index (χ2n) is 7.79. The van der Waals surface area contributed by atoms with Gasteiger partial charge in [0.2, 0.25) is 5.88 Å². The molecule has 1 aromatic carbocycles. The van der Waals surface area contributed by atoms with Gasteiger partial charge in [-0.15, -0.1) is 24.5 Å². The number of alkyl halides is 6. The number of rotatable bonds is 6. The summed E-state index contributed by atoms with van der Waals surface area (Å²) in [6.07, 6.45) is -11.4. The number of aryl methyl sites for hydroxylation is 1. The number of ether oxygens (including phenoxy) is 2. The first-order chi connectivity index (χ1) is 17.6. The molecule has 4 aromatic rings. The van der Waals surface area contributed by atoms with Crippen molar-refractivity contribution in [3.8, 4) is 27.8 Å². The minimum atomic E-state index is -4.98. The lowest BCUT2D eigenvalue weighted by molar-refractivity contribution is -0.274. The molecular weight excluding hydrogens is 568 g/mol. The zero-order chi connectivity index (χ0) is 28.0. The molecule has 2 N–H and O–H groups in total. The average Bonchev–Trinajstić information content (AvgIpc) is 3.15. The van der Waals surface area contributed by atoms with Crippen molar-refractivity contribution in [3.05, 3.63) is 68.0 Å².